The summed E-state index contributed by atoms with van der Waals surface area (Å²) in [6, 6.07) is 4.41. The molecule has 1 aliphatic rings. The fourth-order valence-electron chi connectivity index (χ4n) is 2.80. The molecule has 2 rings (SSSR count). The molecule has 0 bridgehead atoms. The summed E-state index contributed by atoms with van der Waals surface area (Å²) >= 11 is 6.13. The molecule has 0 aromatic heterocycles. The van der Waals surface area contributed by atoms with Crippen molar-refractivity contribution in [3.63, 3.8) is 0 Å². The summed E-state index contributed by atoms with van der Waals surface area (Å²) in [4.78, 5) is 23.9. The van der Waals surface area contributed by atoms with Gasteiger partial charge in [0, 0.05) is 37.2 Å². The zero-order valence-corrected chi connectivity index (χ0v) is 18.1. The predicted molar refractivity (Wildman–Crippen MR) is 110 cm³/mol. The van der Waals surface area contributed by atoms with Gasteiger partial charge < -0.3 is 10.6 Å². The SMILES string of the molecule is CC(C)(C)C(=O)NCCC(=O)Nc1ccc(Cl)c(S(=O)(=O)N2CCCCC2)c1. The number of nitrogens with one attached hydrogen (secondary N) is 2. The van der Waals surface area contributed by atoms with Crippen molar-refractivity contribution in [3.05, 3.63) is 23.2 Å². The second-order valence-corrected chi connectivity index (χ2v) is 10.2. The first-order valence-electron chi connectivity index (χ1n) is 9.39. The Labute approximate surface area is 171 Å². The summed E-state index contributed by atoms with van der Waals surface area (Å²) in [5.41, 5.74) is -0.170. The van der Waals surface area contributed by atoms with Gasteiger partial charge in [0.1, 0.15) is 4.90 Å². The van der Waals surface area contributed by atoms with E-state index in [9.17, 15) is 18.0 Å². The number of halogens is 1. The first-order valence-corrected chi connectivity index (χ1v) is 11.2. The number of anilines is 1. The Morgan fingerprint density at radius 1 is 1.14 bits per heavy atom. The van der Waals surface area contributed by atoms with Crippen molar-refractivity contribution in [2.24, 2.45) is 5.41 Å². The van der Waals surface area contributed by atoms with Gasteiger partial charge in [0.05, 0.1) is 5.02 Å². The van der Waals surface area contributed by atoms with Crippen molar-refractivity contribution < 1.29 is 18.0 Å². The first-order chi connectivity index (χ1) is 13.0. The zero-order chi connectivity index (χ0) is 20.9. The van der Waals surface area contributed by atoms with Crippen LogP contribution in [-0.2, 0) is 19.6 Å². The maximum absolute atomic E-state index is 12.9. The van der Waals surface area contributed by atoms with Crippen LogP contribution in [-0.4, -0.2) is 44.2 Å². The van der Waals surface area contributed by atoms with Crippen molar-refractivity contribution in [2.75, 3.05) is 25.0 Å². The molecule has 1 aromatic carbocycles. The Morgan fingerprint density at radius 3 is 2.39 bits per heavy atom. The monoisotopic (exact) mass is 429 g/mol. The van der Waals surface area contributed by atoms with Gasteiger partial charge in [-0.3, -0.25) is 9.59 Å². The summed E-state index contributed by atoms with van der Waals surface area (Å²) in [6.45, 7) is 6.53. The van der Waals surface area contributed by atoms with Gasteiger partial charge in [0.25, 0.3) is 0 Å². The van der Waals surface area contributed by atoms with Crippen LogP contribution in [0.3, 0.4) is 0 Å². The highest BCUT2D eigenvalue weighted by Crippen LogP contribution is 2.29. The predicted octanol–water partition coefficient (Wildman–Crippen LogP) is 3.01. The van der Waals surface area contributed by atoms with E-state index in [0.29, 0.717) is 18.8 Å². The molecule has 0 saturated carbocycles. The maximum atomic E-state index is 12.9. The Morgan fingerprint density at radius 2 is 1.79 bits per heavy atom. The maximum Gasteiger partial charge on any atom is 0.244 e. The smallest absolute Gasteiger partial charge is 0.244 e. The van der Waals surface area contributed by atoms with Crippen molar-refractivity contribution in [3.8, 4) is 0 Å². The molecule has 2 N–H and O–H groups in total. The third kappa shape index (κ3) is 5.93. The van der Waals surface area contributed by atoms with Gasteiger partial charge in [0.15, 0.2) is 0 Å². The number of nitrogens with zero attached hydrogens (tertiary/aromatic N) is 1. The van der Waals surface area contributed by atoms with Gasteiger partial charge in [-0.05, 0) is 31.0 Å². The second kappa shape index (κ2) is 9.24. The van der Waals surface area contributed by atoms with Crippen LogP contribution in [0.2, 0.25) is 5.02 Å². The lowest BCUT2D eigenvalue weighted by molar-refractivity contribution is -0.128. The highest BCUT2D eigenvalue weighted by molar-refractivity contribution is 7.89. The molecule has 0 unspecified atom stereocenters. The average molecular weight is 430 g/mol. The molecule has 0 spiro atoms. The first kappa shape index (κ1) is 22.6. The minimum Gasteiger partial charge on any atom is -0.355 e. The van der Waals surface area contributed by atoms with Crippen molar-refractivity contribution in [2.45, 2.75) is 51.3 Å². The van der Waals surface area contributed by atoms with Crippen LogP contribution in [0, 0.1) is 5.41 Å². The number of piperidine rings is 1. The molecular weight excluding hydrogens is 402 g/mol. The molecule has 1 aliphatic heterocycles. The third-order valence-corrected chi connectivity index (χ3v) is 6.85. The molecule has 1 heterocycles. The lowest BCUT2D eigenvalue weighted by atomic mass is 9.96. The van der Waals surface area contributed by atoms with Crippen molar-refractivity contribution >= 4 is 39.1 Å². The molecule has 0 radical (unpaired) electrons. The molecule has 1 fully saturated rings. The Bertz CT molecular complexity index is 828. The van der Waals surface area contributed by atoms with E-state index in [2.05, 4.69) is 10.6 Å². The number of hydrogen-bond donors (Lipinski definition) is 2. The number of sulfonamides is 1. The van der Waals surface area contributed by atoms with E-state index in [1.54, 1.807) is 26.8 Å². The van der Waals surface area contributed by atoms with E-state index in [4.69, 9.17) is 11.6 Å². The minimum absolute atomic E-state index is 0.00472. The summed E-state index contributed by atoms with van der Waals surface area (Å²) in [6.07, 6.45) is 2.75. The average Bonchev–Trinajstić information content (AvgIpc) is 2.63. The molecule has 156 valence electrons. The minimum atomic E-state index is -3.70. The van der Waals surface area contributed by atoms with E-state index in [0.717, 1.165) is 19.3 Å². The van der Waals surface area contributed by atoms with Gasteiger partial charge in [0.2, 0.25) is 21.8 Å². The van der Waals surface area contributed by atoms with Gasteiger partial charge in [-0.25, -0.2) is 8.42 Å². The molecule has 9 heteroatoms. The van der Waals surface area contributed by atoms with Gasteiger partial charge in [-0.2, -0.15) is 4.31 Å². The second-order valence-electron chi connectivity index (χ2n) is 7.91. The fraction of sp³-hybridized carbons (Fsp3) is 0.579. The number of hydrogen-bond acceptors (Lipinski definition) is 4. The standard InChI is InChI=1S/C19H28ClN3O4S/c1-19(2,3)18(25)21-10-9-17(24)22-14-7-8-15(20)16(13-14)28(26,27)23-11-5-4-6-12-23/h7-8,13H,4-6,9-12H2,1-3H3,(H,21,25)(H,22,24). The molecule has 1 aromatic rings. The topological polar surface area (TPSA) is 95.6 Å². The van der Waals surface area contributed by atoms with Crippen molar-refractivity contribution in [1.29, 1.82) is 0 Å². The highest BCUT2D eigenvalue weighted by Gasteiger charge is 2.28. The molecular formula is C19H28ClN3O4S. The summed E-state index contributed by atoms with van der Waals surface area (Å²) in [7, 11) is -3.70. The number of carbonyl (C=O) groups is 2. The van der Waals surface area contributed by atoms with Crippen LogP contribution in [0.5, 0.6) is 0 Å². The Kier molecular flexibility index (Phi) is 7.47. The number of rotatable bonds is 6. The number of amides is 2. The van der Waals surface area contributed by atoms with Gasteiger partial charge >= 0.3 is 0 Å². The van der Waals surface area contributed by atoms with E-state index in [1.807, 2.05) is 0 Å². The molecule has 0 atom stereocenters. The van der Waals surface area contributed by atoms with Crippen LogP contribution < -0.4 is 10.6 Å². The van der Waals surface area contributed by atoms with Crippen LogP contribution in [0.1, 0.15) is 46.5 Å². The summed E-state index contributed by atoms with van der Waals surface area (Å²) < 4.78 is 27.2. The lowest BCUT2D eigenvalue weighted by Gasteiger charge is -2.26. The highest BCUT2D eigenvalue weighted by atomic mass is 35.5. The lowest BCUT2D eigenvalue weighted by Crippen LogP contribution is -2.36. The number of benzene rings is 1. The van der Waals surface area contributed by atoms with E-state index < -0.39 is 15.4 Å². The molecule has 28 heavy (non-hydrogen) atoms. The van der Waals surface area contributed by atoms with Gasteiger partial charge in [-0.1, -0.05) is 38.8 Å². The van der Waals surface area contributed by atoms with Crippen LogP contribution in [0.4, 0.5) is 5.69 Å². The zero-order valence-electron chi connectivity index (χ0n) is 16.5. The van der Waals surface area contributed by atoms with E-state index in [-0.39, 0.29) is 34.7 Å². The largest absolute Gasteiger partial charge is 0.355 e. The van der Waals surface area contributed by atoms with Crippen molar-refractivity contribution in [1.82, 2.24) is 9.62 Å². The molecule has 2 amide bonds. The Balaban J connectivity index is 2.02. The molecule has 0 aliphatic carbocycles. The normalized spacial score (nSPS) is 15.9. The molecule has 1 saturated heterocycles. The summed E-state index contributed by atoms with van der Waals surface area (Å²) in [5, 5.41) is 5.49. The Hall–Kier alpha value is -1.64. The quantitative estimate of drug-likeness (QED) is 0.726. The van der Waals surface area contributed by atoms with Gasteiger partial charge in [-0.15, -0.1) is 0 Å². The summed E-state index contributed by atoms with van der Waals surface area (Å²) in [5.74, 6) is -0.459. The van der Waals surface area contributed by atoms with Crippen LogP contribution in [0.15, 0.2) is 23.1 Å². The molecule has 7 nitrogen and oxygen atoms in total. The van der Waals surface area contributed by atoms with E-state index in [1.165, 1.54) is 16.4 Å². The fourth-order valence-corrected chi connectivity index (χ4v) is 4.82. The number of carbonyl (C=O) groups excluding carboxylic acids is 2. The van der Waals surface area contributed by atoms with Crippen LogP contribution in [0.25, 0.3) is 0 Å². The van der Waals surface area contributed by atoms with E-state index >= 15 is 0 Å². The van der Waals surface area contributed by atoms with Crippen LogP contribution >= 0.6 is 11.6 Å². The third-order valence-electron chi connectivity index (χ3n) is 4.47.